The van der Waals surface area contributed by atoms with Crippen LogP contribution < -0.4 is 8.92 Å². The highest BCUT2D eigenvalue weighted by Gasteiger charge is 2.34. The van der Waals surface area contributed by atoms with Gasteiger partial charge in [-0.3, -0.25) is 4.79 Å². The molecule has 1 aliphatic heterocycles. The number of halogens is 1. The predicted molar refractivity (Wildman–Crippen MR) is 223 cm³/mol. The van der Waals surface area contributed by atoms with Crippen LogP contribution in [0.3, 0.4) is 0 Å². The minimum Gasteiger partial charge on any atom is -0.487 e. The van der Waals surface area contributed by atoms with Crippen molar-refractivity contribution in [1.29, 1.82) is 0 Å². The Labute approximate surface area is 344 Å². The molecule has 13 heteroatoms. The molecular weight excluding hydrogens is 776 g/mol. The van der Waals surface area contributed by atoms with Gasteiger partial charge >= 0.3 is 16.3 Å². The topological polar surface area (TPSA) is 122 Å². The first-order chi connectivity index (χ1) is 28.1. The summed E-state index contributed by atoms with van der Waals surface area (Å²) in [5.41, 5.74) is 8.62. The van der Waals surface area contributed by atoms with Crippen LogP contribution in [0.2, 0.25) is 5.02 Å². The van der Waals surface area contributed by atoms with Crippen LogP contribution in [0.5, 0.6) is 11.5 Å². The Morgan fingerprint density at radius 1 is 0.914 bits per heavy atom. The third-order valence-corrected chi connectivity index (χ3v) is 12.1. The zero-order chi connectivity index (χ0) is 40.6. The van der Waals surface area contributed by atoms with E-state index in [0.717, 1.165) is 62.8 Å². The summed E-state index contributed by atoms with van der Waals surface area (Å²) < 4.78 is 53.1. The van der Waals surface area contributed by atoms with Crippen LogP contribution in [-0.2, 0) is 57.4 Å². The minimum absolute atomic E-state index is 0.0128. The average Bonchev–Trinajstić information content (AvgIpc) is 3.64. The maximum absolute atomic E-state index is 13.5. The first kappa shape index (κ1) is 40.9. The maximum atomic E-state index is 13.5. The number of carbonyl (C=O) groups excluding carboxylic acids is 1. The predicted octanol–water partition coefficient (Wildman–Crippen LogP) is 9.00. The standard InChI is InChI=1S/C45H47ClN4O7S/c1-4-55-43(51)26-38(37-19-20-40-45(32(37)3)47-48-50(40)23-11-12-24-54-29-33-13-7-5-8-14-33)35-18-17-31(2)36(25-35)27-49-28-39-41(57-58(49,52)53)21-22-42(44(39)46)56-30-34-15-9-6-10-16-34/h5-10,13-22,25,38H,4,11-12,23-24,26-30H2,1-3H3. The molecule has 0 spiro atoms. The molecule has 6 aromatic rings. The van der Waals surface area contributed by atoms with Crippen molar-refractivity contribution in [3.05, 3.63) is 153 Å². The smallest absolute Gasteiger partial charge is 0.385 e. The highest BCUT2D eigenvalue weighted by Crippen LogP contribution is 2.41. The fourth-order valence-corrected chi connectivity index (χ4v) is 8.57. The summed E-state index contributed by atoms with van der Waals surface area (Å²) in [5.74, 6) is -0.133. The van der Waals surface area contributed by atoms with Crippen LogP contribution >= 0.6 is 11.6 Å². The van der Waals surface area contributed by atoms with E-state index >= 15 is 0 Å². The van der Waals surface area contributed by atoms with E-state index in [-0.39, 0.29) is 37.8 Å². The SMILES string of the molecule is CCOC(=O)CC(c1ccc(C)c(CN2Cc3c(ccc(OCc4ccccc4)c3Cl)OS2(=O)=O)c1)c1ccc2c(nnn2CCCCOCc2ccccc2)c1C. The van der Waals surface area contributed by atoms with Crippen molar-refractivity contribution < 1.29 is 31.6 Å². The average molecular weight is 823 g/mol. The van der Waals surface area contributed by atoms with Gasteiger partial charge in [-0.2, -0.15) is 12.7 Å². The molecule has 11 nitrogen and oxygen atoms in total. The zero-order valence-electron chi connectivity index (χ0n) is 32.9. The molecule has 1 atom stereocenters. The van der Waals surface area contributed by atoms with E-state index in [1.165, 1.54) is 4.31 Å². The Morgan fingerprint density at radius 2 is 1.66 bits per heavy atom. The van der Waals surface area contributed by atoms with Crippen LogP contribution in [0.4, 0.5) is 0 Å². The number of unbranched alkanes of at least 4 members (excludes halogenated alkanes) is 1. The largest absolute Gasteiger partial charge is 0.487 e. The molecule has 0 aliphatic carbocycles. The van der Waals surface area contributed by atoms with Crippen LogP contribution in [0.1, 0.15) is 76.6 Å². The number of hydrogen-bond acceptors (Lipinski definition) is 9. The summed E-state index contributed by atoms with van der Waals surface area (Å²) in [6, 6.07) is 33.0. The van der Waals surface area contributed by atoms with Gasteiger partial charge < -0.3 is 18.4 Å². The lowest BCUT2D eigenvalue weighted by atomic mass is 9.84. The number of rotatable bonds is 17. The Balaban J connectivity index is 1.09. The zero-order valence-corrected chi connectivity index (χ0v) is 34.5. The highest BCUT2D eigenvalue weighted by molar-refractivity contribution is 7.84. The lowest BCUT2D eigenvalue weighted by Gasteiger charge is -2.29. The molecule has 0 saturated heterocycles. The van der Waals surface area contributed by atoms with Crippen LogP contribution in [0, 0.1) is 13.8 Å². The van der Waals surface area contributed by atoms with Crippen molar-refractivity contribution in [2.45, 2.75) is 78.8 Å². The Bertz CT molecular complexity index is 2480. The summed E-state index contributed by atoms with van der Waals surface area (Å²) in [5, 5.41) is 9.35. The molecule has 0 radical (unpaired) electrons. The van der Waals surface area contributed by atoms with Crippen molar-refractivity contribution in [2.24, 2.45) is 0 Å². The number of carbonyl (C=O) groups is 1. The van der Waals surface area contributed by atoms with E-state index in [4.69, 9.17) is 30.0 Å². The Hall–Kier alpha value is -5.27. The van der Waals surface area contributed by atoms with Gasteiger partial charge in [0.15, 0.2) is 0 Å². The molecule has 1 aliphatic rings. The molecule has 58 heavy (non-hydrogen) atoms. The number of esters is 1. The van der Waals surface area contributed by atoms with Crippen LogP contribution in [0.25, 0.3) is 11.0 Å². The van der Waals surface area contributed by atoms with Gasteiger partial charge in [-0.25, -0.2) is 4.68 Å². The van der Waals surface area contributed by atoms with Gasteiger partial charge in [0.05, 0.1) is 30.2 Å². The quantitative estimate of drug-likeness (QED) is 0.0656. The van der Waals surface area contributed by atoms with Crippen molar-refractivity contribution in [1.82, 2.24) is 19.3 Å². The van der Waals surface area contributed by atoms with Crippen molar-refractivity contribution in [3.8, 4) is 11.5 Å². The normalized spacial score (nSPS) is 14.1. The molecule has 1 aromatic heterocycles. The van der Waals surface area contributed by atoms with E-state index in [2.05, 4.69) is 22.4 Å². The number of aromatic nitrogens is 3. The van der Waals surface area contributed by atoms with Gasteiger partial charge in [0.25, 0.3) is 0 Å². The van der Waals surface area contributed by atoms with Gasteiger partial charge in [0.1, 0.15) is 23.6 Å². The lowest BCUT2D eigenvalue weighted by Crippen LogP contribution is -2.37. The van der Waals surface area contributed by atoms with Crippen molar-refractivity contribution in [2.75, 3.05) is 13.2 Å². The van der Waals surface area contributed by atoms with Crippen LogP contribution in [-0.4, -0.2) is 46.9 Å². The number of aryl methyl sites for hydroxylation is 3. The van der Waals surface area contributed by atoms with E-state index in [9.17, 15) is 13.2 Å². The molecule has 0 fully saturated rings. The van der Waals surface area contributed by atoms with E-state index in [1.807, 2.05) is 97.4 Å². The molecule has 0 bridgehead atoms. The Morgan fingerprint density at radius 3 is 2.40 bits per heavy atom. The maximum Gasteiger partial charge on any atom is 0.385 e. The summed E-state index contributed by atoms with van der Waals surface area (Å²) >= 11 is 6.83. The molecule has 2 heterocycles. The molecular formula is C45H47ClN4O7S. The van der Waals surface area contributed by atoms with Gasteiger partial charge in [0, 0.05) is 37.7 Å². The van der Waals surface area contributed by atoms with Gasteiger partial charge in [-0.1, -0.05) is 102 Å². The summed E-state index contributed by atoms with van der Waals surface area (Å²) in [4.78, 5) is 13.1. The van der Waals surface area contributed by atoms with Gasteiger partial charge in [-0.15, -0.1) is 5.10 Å². The second-order valence-electron chi connectivity index (χ2n) is 14.4. The first-order valence-corrected chi connectivity index (χ1v) is 21.2. The molecule has 0 amide bonds. The molecule has 0 N–H and O–H groups in total. The number of benzene rings is 5. The number of ether oxygens (including phenoxy) is 3. The van der Waals surface area contributed by atoms with Crippen LogP contribution in [0.15, 0.2) is 103 Å². The summed E-state index contributed by atoms with van der Waals surface area (Å²) in [6.45, 7) is 8.21. The fourth-order valence-electron chi connectivity index (χ4n) is 7.23. The van der Waals surface area contributed by atoms with E-state index < -0.39 is 16.2 Å². The van der Waals surface area contributed by atoms with Crippen molar-refractivity contribution >= 4 is 38.9 Å². The number of fused-ring (bicyclic) bond motifs is 2. The second kappa shape index (κ2) is 18.5. The Kier molecular flexibility index (Phi) is 13.1. The fraction of sp³-hybridized carbons (Fsp3) is 0.311. The van der Waals surface area contributed by atoms with Crippen molar-refractivity contribution in [3.63, 3.8) is 0 Å². The van der Waals surface area contributed by atoms with Gasteiger partial charge in [-0.05, 0) is 90.8 Å². The van der Waals surface area contributed by atoms with E-state index in [1.54, 1.807) is 19.1 Å². The summed E-state index contributed by atoms with van der Waals surface area (Å²) in [7, 11) is -4.17. The number of nitrogens with zero attached hydrogens (tertiary/aromatic N) is 4. The minimum atomic E-state index is -4.17. The highest BCUT2D eigenvalue weighted by atomic mass is 35.5. The summed E-state index contributed by atoms with van der Waals surface area (Å²) in [6.07, 6.45) is 1.85. The molecule has 0 saturated carbocycles. The lowest BCUT2D eigenvalue weighted by molar-refractivity contribution is -0.143. The third-order valence-electron chi connectivity index (χ3n) is 10.4. The first-order valence-electron chi connectivity index (χ1n) is 19.5. The second-order valence-corrected chi connectivity index (χ2v) is 16.3. The monoisotopic (exact) mass is 822 g/mol. The third kappa shape index (κ3) is 9.53. The molecule has 302 valence electrons. The van der Waals surface area contributed by atoms with Gasteiger partial charge in [0.2, 0.25) is 0 Å². The molecule has 5 aromatic carbocycles. The number of hydrogen-bond donors (Lipinski definition) is 0. The molecule has 1 unspecified atom stereocenters. The molecule has 7 rings (SSSR count). The van der Waals surface area contributed by atoms with E-state index in [0.29, 0.717) is 42.7 Å².